The van der Waals surface area contributed by atoms with Gasteiger partial charge >= 0.3 is 0 Å². The van der Waals surface area contributed by atoms with Crippen LogP contribution in [0, 0.1) is 11.7 Å². The van der Waals surface area contributed by atoms with Crippen molar-refractivity contribution in [3.63, 3.8) is 0 Å². The van der Waals surface area contributed by atoms with Crippen molar-refractivity contribution in [3.05, 3.63) is 57.3 Å². The molecule has 0 fully saturated rings. The van der Waals surface area contributed by atoms with E-state index in [-0.39, 0.29) is 21.3 Å². The number of benzene rings is 2. The molecule has 1 unspecified atom stereocenters. The molecule has 0 aromatic heterocycles. The highest BCUT2D eigenvalue weighted by Crippen LogP contribution is 2.30. The molecule has 0 saturated carbocycles. The number of halogens is 3. The summed E-state index contributed by atoms with van der Waals surface area (Å²) in [6.45, 7) is 0.301. The number of ether oxygens (including phenoxy) is 1. The SMILES string of the molecule is O=C(Nc1cc(F)c(Br)c(Cl)c1)C1COc2ccccc2C1. The minimum absolute atomic E-state index is 0.182. The lowest BCUT2D eigenvalue weighted by atomic mass is 9.96. The first-order chi connectivity index (χ1) is 10.5. The molecular weight excluding hydrogens is 373 g/mol. The normalized spacial score (nSPS) is 16.6. The summed E-state index contributed by atoms with van der Waals surface area (Å²) in [5, 5.41) is 2.90. The van der Waals surface area contributed by atoms with E-state index in [1.807, 2.05) is 24.3 Å². The van der Waals surface area contributed by atoms with E-state index in [0.717, 1.165) is 11.3 Å². The Bertz CT molecular complexity index is 715. The zero-order valence-electron chi connectivity index (χ0n) is 11.4. The molecule has 1 heterocycles. The second kappa shape index (κ2) is 6.26. The fourth-order valence-electron chi connectivity index (χ4n) is 2.37. The van der Waals surface area contributed by atoms with Crippen LogP contribution in [0.1, 0.15) is 5.56 Å². The Balaban J connectivity index is 1.73. The first-order valence-electron chi connectivity index (χ1n) is 6.70. The molecule has 2 aromatic rings. The molecule has 0 radical (unpaired) electrons. The summed E-state index contributed by atoms with van der Waals surface area (Å²) in [5.41, 5.74) is 1.32. The number of fused-ring (bicyclic) bond motifs is 1. The number of carbonyl (C=O) groups is 1. The molecule has 114 valence electrons. The number of anilines is 1. The molecule has 2 aromatic carbocycles. The summed E-state index contributed by atoms with van der Waals surface area (Å²) in [4.78, 5) is 12.3. The van der Waals surface area contributed by atoms with Gasteiger partial charge in [-0.1, -0.05) is 29.8 Å². The van der Waals surface area contributed by atoms with Crippen molar-refractivity contribution >= 4 is 39.1 Å². The summed E-state index contributed by atoms with van der Waals surface area (Å²) in [6, 6.07) is 10.4. The van der Waals surface area contributed by atoms with Gasteiger partial charge in [-0.25, -0.2) is 4.39 Å². The van der Waals surface area contributed by atoms with E-state index >= 15 is 0 Å². The number of carbonyl (C=O) groups excluding carboxylic acids is 1. The number of hydrogen-bond acceptors (Lipinski definition) is 2. The smallest absolute Gasteiger partial charge is 0.231 e. The average Bonchev–Trinajstić information content (AvgIpc) is 2.52. The van der Waals surface area contributed by atoms with E-state index in [1.54, 1.807) is 0 Å². The van der Waals surface area contributed by atoms with Crippen molar-refractivity contribution in [2.24, 2.45) is 5.92 Å². The quantitative estimate of drug-likeness (QED) is 0.778. The molecule has 22 heavy (non-hydrogen) atoms. The lowest BCUT2D eigenvalue weighted by Gasteiger charge is -2.24. The molecule has 6 heteroatoms. The van der Waals surface area contributed by atoms with Crippen molar-refractivity contribution in [1.29, 1.82) is 0 Å². The van der Waals surface area contributed by atoms with Gasteiger partial charge in [0.25, 0.3) is 0 Å². The van der Waals surface area contributed by atoms with Gasteiger partial charge < -0.3 is 10.1 Å². The fraction of sp³-hybridized carbons (Fsp3) is 0.188. The Morgan fingerprint density at radius 2 is 2.14 bits per heavy atom. The third-order valence-electron chi connectivity index (χ3n) is 3.50. The standard InChI is InChI=1S/C16H12BrClFNO2/c17-15-12(18)6-11(7-13(15)19)20-16(21)10-5-9-3-1-2-4-14(9)22-8-10/h1-4,6-7,10H,5,8H2,(H,20,21). The lowest BCUT2D eigenvalue weighted by Crippen LogP contribution is -2.32. The predicted octanol–water partition coefficient (Wildman–Crippen LogP) is 4.43. The van der Waals surface area contributed by atoms with Gasteiger partial charge in [-0.2, -0.15) is 0 Å². The summed E-state index contributed by atoms with van der Waals surface area (Å²) in [6.07, 6.45) is 0.592. The monoisotopic (exact) mass is 383 g/mol. The first-order valence-corrected chi connectivity index (χ1v) is 7.88. The summed E-state index contributed by atoms with van der Waals surface area (Å²) in [5.74, 6) is -0.245. The number of amides is 1. The molecule has 1 atom stereocenters. The van der Waals surface area contributed by atoms with Gasteiger partial charge in [0.1, 0.15) is 18.2 Å². The molecular formula is C16H12BrClFNO2. The number of nitrogens with one attached hydrogen (secondary N) is 1. The number of rotatable bonds is 2. The Morgan fingerprint density at radius 1 is 1.36 bits per heavy atom. The van der Waals surface area contributed by atoms with Gasteiger partial charge in [0.05, 0.1) is 15.4 Å². The molecule has 0 saturated heterocycles. The molecule has 1 aliphatic rings. The van der Waals surface area contributed by atoms with Gasteiger partial charge in [-0.3, -0.25) is 4.79 Å². The highest BCUT2D eigenvalue weighted by Gasteiger charge is 2.26. The number of para-hydroxylation sites is 1. The van der Waals surface area contributed by atoms with Crippen LogP contribution < -0.4 is 10.1 Å². The molecule has 0 spiro atoms. The topological polar surface area (TPSA) is 38.3 Å². The van der Waals surface area contributed by atoms with E-state index < -0.39 is 5.82 Å². The van der Waals surface area contributed by atoms with Gasteiger partial charge in [-0.05, 0) is 46.1 Å². The minimum atomic E-state index is -0.520. The molecule has 3 nitrogen and oxygen atoms in total. The summed E-state index contributed by atoms with van der Waals surface area (Å²) in [7, 11) is 0. The van der Waals surface area contributed by atoms with E-state index in [1.165, 1.54) is 12.1 Å². The molecule has 1 amide bonds. The largest absolute Gasteiger partial charge is 0.492 e. The zero-order valence-corrected chi connectivity index (χ0v) is 13.7. The van der Waals surface area contributed by atoms with Crippen molar-refractivity contribution in [1.82, 2.24) is 0 Å². The second-order valence-corrected chi connectivity index (χ2v) is 6.26. The van der Waals surface area contributed by atoms with Crippen molar-refractivity contribution in [2.45, 2.75) is 6.42 Å². The van der Waals surface area contributed by atoms with Crippen LogP contribution in [-0.2, 0) is 11.2 Å². The third kappa shape index (κ3) is 3.10. The van der Waals surface area contributed by atoms with E-state index in [2.05, 4.69) is 21.2 Å². The first kappa shape index (κ1) is 15.3. The van der Waals surface area contributed by atoms with Crippen molar-refractivity contribution < 1.29 is 13.9 Å². The van der Waals surface area contributed by atoms with E-state index in [9.17, 15) is 9.18 Å². The highest BCUT2D eigenvalue weighted by atomic mass is 79.9. The molecule has 0 aliphatic carbocycles. The van der Waals surface area contributed by atoms with Crippen LogP contribution >= 0.6 is 27.5 Å². The number of hydrogen-bond donors (Lipinski definition) is 1. The third-order valence-corrected chi connectivity index (χ3v) is 4.83. The lowest BCUT2D eigenvalue weighted by molar-refractivity contribution is -0.121. The zero-order chi connectivity index (χ0) is 15.7. The average molecular weight is 385 g/mol. The van der Waals surface area contributed by atoms with Crippen molar-refractivity contribution in [2.75, 3.05) is 11.9 Å². The van der Waals surface area contributed by atoms with Crippen LogP contribution in [-0.4, -0.2) is 12.5 Å². The maximum Gasteiger partial charge on any atom is 0.231 e. The van der Waals surface area contributed by atoms with Crippen LogP contribution in [0.2, 0.25) is 5.02 Å². The molecule has 1 N–H and O–H groups in total. The van der Waals surface area contributed by atoms with Crippen molar-refractivity contribution in [3.8, 4) is 5.75 Å². The fourth-order valence-corrected chi connectivity index (χ4v) is 2.81. The van der Waals surface area contributed by atoms with Crippen LogP contribution in [0.5, 0.6) is 5.75 Å². The van der Waals surface area contributed by atoms with Crippen LogP contribution in [0.25, 0.3) is 0 Å². The van der Waals surface area contributed by atoms with Crippen LogP contribution in [0.15, 0.2) is 40.9 Å². The van der Waals surface area contributed by atoms with Gasteiger partial charge in [0, 0.05) is 5.69 Å². The van der Waals surface area contributed by atoms with Crippen LogP contribution in [0.4, 0.5) is 10.1 Å². The Hall–Kier alpha value is -1.59. The highest BCUT2D eigenvalue weighted by molar-refractivity contribution is 9.10. The van der Waals surface area contributed by atoms with Crippen LogP contribution in [0.3, 0.4) is 0 Å². The maximum absolute atomic E-state index is 13.6. The maximum atomic E-state index is 13.6. The molecule has 1 aliphatic heterocycles. The van der Waals surface area contributed by atoms with E-state index in [0.29, 0.717) is 18.7 Å². The summed E-state index contributed by atoms with van der Waals surface area (Å²) < 4.78 is 19.4. The van der Waals surface area contributed by atoms with Gasteiger partial charge in [0.15, 0.2) is 0 Å². The Labute approximate surface area is 140 Å². The van der Waals surface area contributed by atoms with Gasteiger partial charge in [0.2, 0.25) is 5.91 Å². The second-order valence-electron chi connectivity index (χ2n) is 5.06. The molecule has 0 bridgehead atoms. The van der Waals surface area contributed by atoms with E-state index in [4.69, 9.17) is 16.3 Å². The predicted molar refractivity (Wildman–Crippen MR) is 86.9 cm³/mol. The molecule has 3 rings (SSSR count). The Kier molecular flexibility index (Phi) is 4.36. The summed E-state index contributed by atoms with van der Waals surface area (Å²) >= 11 is 8.93. The minimum Gasteiger partial charge on any atom is -0.492 e. The Morgan fingerprint density at radius 3 is 2.91 bits per heavy atom. The van der Waals surface area contributed by atoms with Gasteiger partial charge in [-0.15, -0.1) is 0 Å².